The Bertz CT molecular complexity index is 500. The summed E-state index contributed by atoms with van der Waals surface area (Å²) in [7, 11) is 0. The summed E-state index contributed by atoms with van der Waals surface area (Å²) in [5.41, 5.74) is 1.31. The molecule has 1 heterocycles. The lowest BCUT2D eigenvalue weighted by atomic mass is 10.1. The molecule has 3 rings (SSSR count). The predicted octanol–water partition coefficient (Wildman–Crippen LogP) is 2.57. The minimum Gasteiger partial charge on any atom is -0.318 e. The van der Waals surface area contributed by atoms with Gasteiger partial charge in [0.2, 0.25) is 5.91 Å². The molecule has 0 aromatic heterocycles. The maximum Gasteiger partial charge on any atom is 0.238 e. The molecular weight excluding hydrogens is 248 g/mol. The number of nitrogens with one attached hydrogen (secondary N) is 1. The zero-order valence-electron chi connectivity index (χ0n) is 10.6. The van der Waals surface area contributed by atoms with Gasteiger partial charge in [0.1, 0.15) is 6.17 Å². The number of halogens is 1. The van der Waals surface area contributed by atoms with Crippen molar-refractivity contribution in [3.05, 3.63) is 34.9 Å². The third kappa shape index (κ3) is 1.91. The quantitative estimate of drug-likeness (QED) is 0.890. The third-order valence-corrected chi connectivity index (χ3v) is 4.21. The van der Waals surface area contributed by atoms with Crippen molar-refractivity contribution in [2.45, 2.75) is 32.5 Å². The second kappa shape index (κ2) is 3.97. The van der Waals surface area contributed by atoms with E-state index in [9.17, 15) is 4.79 Å². The zero-order chi connectivity index (χ0) is 12.9. The average molecular weight is 265 g/mol. The van der Waals surface area contributed by atoms with E-state index in [2.05, 4.69) is 19.2 Å². The van der Waals surface area contributed by atoms with Crippen molar-refractivity contribution >= 4 is 17.5 Å². The highest BCUT2D eigenvalue weighted by Gasteiger charge is 2.54. The van der Waals surface area contributed by atoms with Gasteiger partial charge in [0, 0.05) is 11.1 Å². The van der Waals surface area contributed by atoms with Crippen LogP contribution in [0.5, 0.6) is 0 Å². The Morgan fingerprint density at radius 3 is 2.78 bits per heavy atom. The number of rotatable bonds is 2. The van der Waals surface area contributed by atoms with Gasteiger partial charge in [-0.15, -0.1) is 0 Å². The SMILES string of the molecule is CC1(C)CC1N1C(=O)CNC1c1cccc(Cl)c1. The molecule has 1 aromatic rings. The molecule has 2 aliphatic rings. The molecule has 2 unspecified atom stereocenters. The number of carbonyl (C=O) groups excluding carboxylic acids is 1. The molecule has 0 bridgehead atoms. The number of benzene rings is 1. The minimum absolute atomic E-state index is 0.0250. The Hall–Kier alpha value is -1.06. The summed E-state index contributed by atoms with van der Waals surface area (Å²) in [6.07, 6.45) is 1.06. The fourth-order valence-electron chi connectivity index (χ4n) is 2.74. The molecule has 1 saturated carbocycles. The van der Waals surface area contributed by atoms with Gasteiger partial charge in [0.25, 0.3) is 0 Å². The summed E-state index contributed by atoms with van der Waals surface area (Å²) in [5.74, 6) is 0.190. The molecule has 4 heteroatoms. The first-order valence-electron chi connectivity index (χ1n) is 6.29. The van der Waals surface area contributed by atoms with Crippen LogP contribution in [0.15, 0.2) is 24.3 Å². The van der Waals surface area contributed by atoms with Crippen molar-refractivity contribution in [3.8, 4) is 0 Å². The van der Waals surface area contributed by atoms with E-state index in [4.69, 9.17) is 11.6 Å². The minimum atomic E-state index is -0.0250. The molecule has 1 amide bonds. The number of hydrogen-bond acceptors (Lipinski definition) is 2. The third-order valence-electron chi connectivity index (χ3n) is 3.97. The second-order valence-corrected chi connectivity index (χ2v) is 6.28. The van der Waals surface area contributed by atoms with E-state index in [1.165, 1.54) is 0 Å². The van der Waals surface area contributed by atoms with Gasteiger partial charge in [-0.05, 0) is 29.5 Å². The summed E-state index contributed by atoms with van der Waals surface area (Å²) in [5, 5.41) is 3.99. The fraction of sp³-hybridized carbons (Fsp3) is 0.500. The highest BCUT2D eigenvalue weighted by molar-refractivity contribution is 6.30. The number of carbonyl (C=O) groups is 1. The van der Waals surface area contributed by atoms with Gasteiger partial charge in [0.15, 0.2) is 0 Å². The van der Waals surface area contributed by atoms with Crippen LogP contribution >= 0.6 is 11.6 Å². The molecule has 1 aliphatic heterocycles. The van der Waals surface area contributed by atoms with Crippen LogP contribution in [0.1, 0.15) is 32.0 Å². The largest absolute Gasteiger partial charge is 0.318 e. The van der Waals surface area contributed by atoms with Crippen LogP contribution in [0.2, 0.25) is 5.02 Å². The van der Waals surface area contributed by atoms with E-state index in [0.29, 0.717) is 17.6 Å². The zero-order valence-corrected chi connectivity index (χ0v) is 11.4. The summed E-state index contributed by atoms with van der Waals surface area (Å²) >= 11 is 6.03. The maximum atomic E-state index is 12.0. The van der Waals surface area contributed by atoms with Crippen molar-refractivity contribution in [1.82, 2.24) is 10.2 Å². The molecule has 1 aromatic carbocycles. The average Bonchev–Trinajstić information content (AvgIpc) is 2.76. The van der Waals surface area contributed by atoms with Gasteiger partial charge < -0.3 is 4.90 Å². The Balaban J connectivity index is 1.90. The van der Waals surface area contributed by atoms with Crippen LogP contribution in [0.25, 0.3) is 0 Å². The first kappa shape index (κ1) is 12.0. The molecule has 2 atom stereocenters. The van der Waals surface area contributed by atoms with Gasteiger partial charge in [-0.25, -0.2) is 0 Å². The second-order valence-electron chi connectivity index (χ2n) is 5.85. The van der Waals surface area contributed by atoms with Gasteiger partial charge in [-0.2, -0.15) is 0 Å². The topological polar surface area (TPSA) is 32.3 Å². The number of hydrogen-bond donors (Lipinski definition) is 1. The molecule has 1 saturated heterocycles. The van der Waals surface area contributed by atoms with Crippen LogP contribution in [0, 0.1) is 5.41 Å². The Labute approximate surface area is 112 Å². The van der Waals surface area contributed by atoms with E-state index < -0.39 is 0 Å². The van der Waals surface area contributed by atoms with Crippen LogP contribution < -0.4 is 5.32 Å². The summed E-state index contributed by atoms with van der Waals surface area (Å²) < 4.78 is 0. The van der Waals surface area contributed by atoms with E-state index in [1.54, 1.807) is 0 Å². The molecule has 2 fully saturated rings. The smallest absolute Gasteiger partial charge is 0.238 e. The van der Waals surface area contributed by atoms with Crippen molar-refractivity contribution in [2.75, 3.05) is 6.54 Å². The first-order chi connectivity index (χ1) is 8.49. The van der Waals surface area contributed by atoms with Crippen molar-refractivity contribution in [1.29, 1.82) is 0 Å². The Kier molecular flexibility index (Phi) is 2.65. The number of nitrogens with zero attached hydrogens (tertiary/aromatic N) is 1. The standard InChI is InChI=1S/C14H17ClN2O/c1-14(2)7-11(14)17-12(18)8-16-13(17)9-4-3-5-10(15)6-9/h3-6,11,13,16H,7-8H2,1-2H3. The predicted molar refractivity (Wildman–Crippen MR) is 71.2 cm³/mol. The van der Waals surface area contributed by atoms with Crippen LogP contribution in [0.3, 0.4) is 0 Å². The highest BCUT2D eigenvalue weighted by Crippen LogP contribution is 2.51. The number of amides is 1. The van der Waals surface area contributed by atoms with Gasteiger partial charge >= 0.3 is 0 Å². The Morgan fingerprint density at radius 2 is 2.17 bits per heavy atom. The van der Waals surface area contributed by atoms with Crippen molar-refractivity contribution < 1.29 is 4.79 Å². The lowest BCUT2D eigenvalue weighted by Crippen LogP contribution is -2.34. The maximum absolute atomic E-state index is 12.0. The molecule has 96 valence electrons. The van der Waals surface area contributed by atoms with Gasteiger partial charge in [0.05, 0.1) is 6.54 Å². The van der Waals surface area contributed by atoms with E-state index in [-0.39, 0.29) is 17.5 Å². The first-order valence-corrected chi connectivity index (χ1v) is 6.67. The lowest BCUT2D eigenvalue weighted by molar-refractivity contribution is -0.129. The van der Waals surface area contributed by atoms with Crippen molar-refractivity contribution in [2.24, 2.45) is 5.41 Å². The molecule has 0 spiro atoms. The van der Waals surface area contributed by atoms with E-state index in [0.717, 1.165) is 12.0 Å². The molecule has 18 heavy (non-hydrogen) atoms. The van der Waals surface area contributed by atoms with E-state index >= 15 is 0 Å². The van der Waals surface area contributed by atoms with Crippen molar-refractivity contribution in [3.63, 3.8) is 0 Å². The van der Waals surface area contributed by atoms with Crippen LogP contribution in [0.4, 0.5) is 0 Å². The normalized spacial score (nSPS) is 29.7. The van der Waals surface area contributed by atoms with Crippen LogP contribution in [-0.2, 0) is 4.79 Å². The summed E-state index contributed by atoms with van der Waals surface area (Å²) in [4.78, 5) is 14.0. The van der Waals surface area contributed by atoms with Gasteiger partial charge in [-0.3, -0.25) is 10.1 Å². The molecule has 1 aliphatic carbocycles. The molecule has 0 radical (unpaired) electrons. The molecular formula is C14H17ClN2O. The van der Waals surface area contributed by atoms with Gasteiger partial charge in [-0.1, -0.05) is 37.6 Å². The Morgan fingerprint density at radius 1 is 1.44 bits per heavy atom. The van der Waals surface area contributed by atoms with E-state index in [1.807, 2.05) is 29.2 Å². The fourth-order valence-corrected chi connectivity index (χ4v) is 2.94. The molecule has 3 nitrogen and oxygen atoms in total. The van der Waals surface area contributed by atoms with Crippen LogP contribution in [-0.4, -0.2) is 23.4 Å². The summed E-state index contributed by atoms with van der Waals surface area (Å²) in [6.45, 7) is 4.83. The lowest BCUT2D eigenvalue weighted by Gasteiger charge is -2.26. The summed E-state index contributed by atoms with van der Waals surface area (Å²) in [6, 6.07) is 8.08. The molecule has 1 N–H and O–H groups in total. The monoisotopic (exact) mass is 264 g/mol. The highest BCUT2D eigenvalue weighted by atomic mass is 35.5.